The van der Waals surface area contributed by atoms with Crippen LogP contribution in [0.15, 0.2) is 60.8 Å². The van der Waals surface area contributed by atoms with Crippen LogP contribution in [0.5, 0.6) is 0 Å². The molecule has 1 heterocycles. The number of carbonyl (C=O) groups is 2. The highest BCUT2D eigenvalue weighted by Gasteiger charge is 2.32. The van der Waals surface area contributed by atoms with Gasteiger partial charge in [-0.25, -0.2) is 4.68 Å². The number of rotatable bonds is 7. The lowest BCUT2D eigenvalue weighted by Crippen LogP contribution is -2.48. The number of likely N-dealkylation sites (N-methyl/N-ethyl adjacent to an activating group) is 1. The van der Waals surface area contributed by atoms with Crippen molar-refractivity contribution in [2.75, 3.05) is 11.4 Å². The molecule has 2 aromatic carbocycles. The lowest BCUT2D eigenvalue weighted by atomic mass is 10.1. The van der Waals surface area contributed by atoms with Gasteiger partial charge in [-0.3, -0.25) is 14.5 Å². The van der Waals surface area contributed by atoms with Gasteiger partial charge in [0.2, 0.25) is 5.91 Å². The Labute approximate surface area is 190 Å². The predicted octanol–water partition coefficient (Wildman–Crippen LogP) is 4.62. The van der Waals surface area contributed by atoms with E-state index in [0.717, 1.165) is 29.4 Å². The highest BCUT2D eigenvalue weighted by atomic mass is 19.4. The topological polar surface area (TPSA) is 67.2 Å². The molecule has 0 aliphatic rings. The summed E-state index contributed by atoms with van der Waals surface area (Å²) in [7, 11) is 0. The third kappa shape index (κ3) is 5.24. The second-order valence-electron chi connectivity index (χ2n) is 7.45. The van der Waals surface area contributed by atoms with Gasteiger partial charge in [-0.05, 0) is 50.6 Å². The molecule has 1 atom stereocenters. The fourth-order valence-corrected chi connectivity index (χ4v) is 3.49. The molecule has 0 spiro atoms. The van der Waals surface area contributed by atoms with Crippen LogP contribution in [0.1, 0.15) is 42.3 Å². The standard InChI is InChI=1S/C24H25F3N4O2/c1-4-17-15-28-31(20-12-7-6-8-13-20)22(17)30(5-2)23(33)16(3)29-21(32)18-10-9-11-19(14-18)24(25,26)27/h6-16H,4-5H2,1-3H3,(H,29,32). The Morgan fingerprint density at radius 3 is 2.39 bits per heavy atom. The van der Waals surface area contributed by atoms with E-state index in [9.17, 15) is 22.8 Å². The van der Waals surface area contributed by atoms with Crippen molar-refractivity contribution >= 4 is 17.6 Å². The van der Waals surface area contributed by atoms with E-state index in [4.69, 9.17) is 0 Å². The number of amides is 2. The van der Waals surface area contributed by atoms with Crippen molar-refractivity contribution in [1.82, 2.24) is 15.1 Å². The number of aromatic nitrogens is 2. The number of hydrogen-bond acceptors (Lipinski definition) is 3. The highest BCUT2D eigenvalue weighted by Crippen LogP contribution is 2.29. The number of aryl methyl sites for hydroxylation is 1. The molecule has 1 aromatic heterocycles. The second kappa shape index (κ2) is 9.89. The number of hydrogen-bond donors (Lipinski definition) is 1. The third-order valence-corrected chi connectivity index (χ3v) is 5.21. The van der Waals surface area contributed by atoms with Gasteiger partial charge in [0.25, 0.3) is 5.91 Å². The summed E-state index contributed by atoms with van der Waals surface area (Å²) in [5.41, 5.74) is 0.532. The van der Waals surface area contributed by atoms with Crippen molar-refractivity contribution < 1.29 is 22.8 Å². The number of nitrogens with zero attached hydrogens (tertiary/aromatic N) is 3. The van der Waals surface area contributed by atoms with E-state index < -0.39 is 29.6 Å². The lowest BCUT2D eigenvalue weighted by Gasteiger charge is -2.26. The first-order chi connectivity index (χ1) is 15.7. The first-order valence-corrected chi connectivity index (χ1v) is 10.6. The normalized spacial score (nSPS) is 12.3. The van der Waals surface area contributed by atoms with Crippen LogP contribution in [0, 0.1) is 0 Å². The molecule has 0 aliphatic carbocycles. The number of benzene rings is 2. The van der Waals surface area contributed by atoms with Gasteiger partial charge in [0, 0.05) is 17.7 Å². The quantitative estimate of drug-likeness (QED) is 0.562. The zero-order chi connectivity index (χ0) is 24.2. The van der Waals surface area contributed by atoms with Crippen LogP contribution in [0.3, 0.4) is 0 Å². The summed E-state index contributed by atoms with van der Waals surface area (Å²) in [5.74, 6) is -0.563. The molecule has 1 N–H and O–H groups in total. The van der Waals surface area contributed by atoms with E-state index in [1.54, 1.807) is 17.8 Å². The van der Waals surface area contributed by atoms with Crippen molar-refractivity contribution in [1.29, 1.82) is 0 Å². The Morgan fingerprint density at radius 1 is 1.09 bits per heavy atom. The Bertz CT molecular complexity index is 1130. The fraction of sp³-hybridized carbons (Fsp3) is 0.292. The molecule has 1 unspecified atom stereocenters. The molecule has 0 bridgehead atoms. The molecule has 3 rings (SSSR count). The minimum absolute atomic E-state index is 0.170. The number of para-hydroxylation sites is 1. The van der Waals surface area contributed by atoms with Crippen LogP contribution in [-0.2, 0) is 17.4 Å². The molecular weight excluding hydrogens is 433 g/mol. The van der Waals surface area contributed by atoms with E-state index in [-0.39, 0.29) is 5.56 Å². The van der Waals surface area contributed by atoms with Crippen molar-refractivity contribution in [2.45, 2.75) is 39.4 Å². The summed E-state index contributed by atoms with van der Waals surface area (Å²) < 4.78 is 40.6. The smallest absolute Gasteiger partial charge is 0.341 e. The molecule has 2 amide bonds. The largest absolute Gasteiger partial charge is 0.416 e. The van der Waals surface area contributed by atoms with Gasteiger partial charge < -0.3 is 5.32 Å². The molecule has 9 heteroatoms. The monoisotopic (exact) mass is 458 g/mol. The maximum absolute atomic E-state index is 13.3. The van der Waals surface area contributed by atoms with E-state index in [2.05, 4.69) is 10.4 Å². The zero-order valence-corrected chi connectivity index (χ0v) is 18.6. The summed E-state index contributed by atoms with van der Waals surface area (Å²) in [5, 5.41) is 6.96. The third-order valence-electron chi connectivity index (χ3n) is 5.21. The molecule has 6 nitrogen and oxygen atoms in total. The zero-order valence-electron chi connectivity index (χ0n) is 18.6. The van der Waals surface area contributed by atoms with Gasteiger partial charge in [-0.1, -0.05) is 31.2 Å². The molecule has 33 heavy (non-hydrogen) atoms. The summed E-state index contributed by atoms with van der Waals surface area (Å²) in [6.45, 7) is 5.58. The number of nitrogens with one attached hydrogen (secondary N) is 1. The SMILES string of the molecule is CCc1cnn(-c2ccccc2)c1N(CC)C(=O)C(C)NC(=O)c1cccc(C(F)(F)F)c1. The number of carbonyl (C=O) groups excluding carboxylic acids is 2. The molecule has 0 aliphatic heterocycles. The van der Waals surface area contributed by atoms with Crippen LogP contribution >= 0.6 is 0 Å². The molecular formula is C24H25F3N4O2. The average Bonchev–Trinajstić information content (AvgIpc) is 3.23. The Kier molecular flexibility index (Phi) is 7.20. The van der Waals surface area contributed by atoms with Crippen molar-refractivity contribution in [3.05, 3.63) is 77.5 Å². The molecule has 0 saturated carbocycles. The summed E-state index contributed by atoms with van der Waals surface area (Å²) >= 11 is 0. The Hall–Kier alpha value is -3.62. The summed E-state index contributed by atoms with van der Waals surface area (Å²) in [6.07, 6.45) is -2.23. The van der Waals surface area contributed by atoms with Gasteiger partial charge in [-0.15, -0.1) is 0 Å². The lowest BCUT2D eigenvalue weighted by molar-refractivity contribution is -0.137. The van der Waals surface area contributed by atoms with E-state index in [0.29, 0.717) is 18.8 Å². The van der Waals surface area contributed by atoms with Gasteiger partial charge >= 0.3 is 6.18 Å². The first kappa shape index (κ1) is 24.0. The van der Waals surface area contributed by atoms with Gasteiger partial charge in [0.1, 0.15) is 11.9 Å². The first-order valence-electron chi connectivity index (χ1n) is 10.6. The minimum atomic E-state index is -4.57. The van der Waals surface area contributed by atoms with Crippen LogP contribution in [0.4, 0.5) is 19.0 Å². The second-order valence-corrected chi connectivity index (χ2v) is 7.45. The van der Waals surface area contributed by atoms with Crippen LogP contribution in [-0.4, -0.2) is 34.2 Å². The van der Waals surface area contributed by atoms with Crippen LogP contribution in [0.25, 0.3) is 5.69 Å². The van der Waals surface area contributed by atoms with E-state index in [1.807, 2.05) is 37.3 Å². The van der Waals surface area contributed by atoms with E-state index in [1.165, 1.54) is 17.9 Å². The average molecular weight is 458 g/mol. The van der Waals surface area contributed by atoms with Crippen LogP contribution < -0.4 is 10.2 Å². The van der Waals surface area contributed by atoms with Gasteiger partial charge in [-0.2, -0.15) is 18.3 Å². The Morgan fingerprint density at radius 2 is 1.79 bits per heavy atom. The number of anilines is 1. The summed E-state index contributed by atoms with van der Waals surface area (Å²) in [6, 6.07) is 12.5. The molecule has 174 valence electrons. The van der Waals surface area contributed by atoms with E-state index >= 15 is 0 Å². The molecule has 3 aromatic rings. The fourth-order valence-electron chi connectivity index (χ4n) is 3.49. The van der Waals surface area contributed by atoms with Crippen LogP contribution in [0.2, 0.25) is 0 Å². The predicted molar refractivity (Wildman–Crippen MR) is 119 cm³/mol. The maximum atomic E-state index is 13.3. The van der Waals surface area contributed by atoms with Gasteiger partial charge in [0.15, 0.2) is 0 Å². The summed E-state index contributed by atoms with van der Waals surface area (Å²) in [4.78, 5) is 27.4. The highest BCUT2D eigenvalue weighted by molar-refractivity contribution is 6.02. The number of halogens is 3. The number of alkyl halides is 3. The molecule has 0 fully saturated rings. The van der Waals surface area contributed by atoms with Crippen molar-refractivity contribution in [2.24, 2.45) is 0 Å². The minimum Gasteiger partial charge on any atom is -0.341 e. The van der Waals surface area contributed by atoms with Gasteiger partial charge in [0.05, 0.1) is 17.4 Å². The van der Waals surface area contributed by atoms with Crippen molar-refractivity contribution in [3.8, 4) is 5.69 Å². The van der Waals surface area contributed by atoms with Crippen molar-refractivity contribution in [3.63, 3.8) is 0 Å². The maximum Gasteiger partial charge on any atom is 0.416 e. The molecule has 0 radical (unpaired) electrons. The molecule has 0 saturated heterocycles. The Balaban J connectivity index is 1.86.